The molecule has 0 radical (unpaired) electrons. The average Bonchev–Trinajstić information content (AvgIpc) is 3.18. The summed E-state index contributed by atoms with van der Waals surface area (Å²) in [5.74, 6) is 0.266. The number of hydrogen-bond acceptors (Lipinski definition) is 4. The summed E-state index contributed by atoms with van der Waals surface area (Å²) < 4.78 is 12.5. The molecular formula is C22H30N2O4. The van der Waals surface area contributed by atoms with Crippen molar-refractivity contribution in [2.75, 3.05) is 13.1 Å². The van der Waals surface area contributed by atoms with Gasteiger partial charge in [0, 0.05) is 30.6 Å². The maximum Gasteiger partial charge on any atom is 0.418 e. The van der Waals surface area contributed by atoms with Crippen molar-refractivity contribution in [1.82, 2.24) is 9.47 Å². The number of benzene rings is 1. The van der Waals surface area contributed by atoms with E-state index in [0.717, 1.165) is 17.3 Å². The first-order valence-corrected chi connectivity index (χ1v) is 9.75. The van der Waals surface area contributed by atoms with Crippen LogP contribution < -0.4 is 0 Å². The van der Waals surface area contributed by atoms with Crippen LogP contribution in [0.5, 0.6) is 0 Å². The van der Waals surface area contributed by atoms with Crippen molar-refractivity contribution < 1.29 is 19.1 Å². The van der Waals surface area contributed by atoms with Crippen molar-refractivity contribution in [3.8, 4) is 0 Å². The molecule has 6 heteroatoms. The van der Waals surface area contributed by atoms with Gasteiger partial charge in [0.1, 0.15) is 11.2 Å². The zero-order valence-electron chi connectivity index (χ0n) is 17.6. The molecule has 6 nitrogen and oxygen atoms in total. The van der Waals surface area contributed by atoms with Gasteiger partial charge in [-0.1, -0.05) is 6.07 Å². The third-order valence-corrected chi connectivity index (χ3v) is 4.62. The van der Waals surface area contributed by atoms with Crippen LogP contribution in [-0.2, 0) is 9.47 Å². The summed E-state index contributed by atoms with van der Waals surface area (Å²) in [5, 5.41) is 0.985. The van der Waals surface area contributed by atoms with Gasteiger partial charge in [0.15, 0.2) is 0 Å². The molecule has 0 spiro atoms. The maximum absolute atomic E-state index is 12.4. The minimum atomic E-state index is -0.539. The van der Waals surface area contributed by atoms with E-state index in [1.165, 1.54) is 10.1 Å². The second-order valence-electron chi connectivity index (χ2n) is 9.40. The lowest BCUT2D eigenvalue weighted by Gasteiger charge is -2.24. The van der Waals surface area contributed by atoms with Gasteiger partial charge in [0.2, 0.25) is 0 Å². The van der Waals surface area contributed by atoms with Crippen LogP contribution in [-0.4, -0.2) is 45.9 Å². The Balaban J connectivity index is 1.74. The van der Waals surface area contributed by atoms with Crippen molar-refractivity contribution in [2.45, 2.75) is 65.1 Å². The molecule has 1 aromatic carbocycles. The van der Waals surface area contributed by atoms with Crippen molar-refractivity contribution in [2.24, 2.45) is 0 Å². The first-order valence-electron chi connectivity index (χ1n) is 9.75. The highest BCUT2D eigenvalue weighted by molar-refractivity contribution is 5.90. The molecule has 1 aliphatic heterocycles. The smallest absolute Gasteiger partial charge is 0.418 e. The molecule has 1 aromatic heterocycles. The standard InChI is InChI=1S/C22H30N2O4/c1-21(2,3)27-19(25)23-11-9-17(14-23)15-7-8-18-16(13-15)10-12-24(18)20(26)28-22(4,5)6/h7-8,10,12-13,17H,9,11,14H2,1-6H3. The minimum Gasteiger partial charge on any atom is -0.444 e. The first-order chi connectivity index (χ1) is 12.9. The second-order valence-corrected chi connectivity index (χ2v) is 9.40. The fraction of sp³-hybridized carbons (Fsp3) is 0.545. The van der Waals surface area contributed by atoms with E-state index in [2.05, 4.69) is 6.07 Å². The number of carbonyl (C=O) groups is 2. The maximum atomic E-state index is 12.4. The average molecular weight is 386 g/mol. The van der Waals surface area contributed by atoms with Gasteiger partial charge in [-0.3, -0.25) is 4.57 Å². The van der Waals surface area contributed by atoms with E-state index in [4.69, 9.17) is 9.47 Å². The Hall–Kier alpha value is -2.50. The highest BCUT2D eigenvalue weighted by atomic mass is 16.6. The van der Waals surface area contributed by atoms with Gasteiger partial charge in [-0.2, -0.15) is 0 Å². The molecule has 1 saturated heterocycles. The molecule has 3 rings (SSSR count). The third kappa shape index (κ3) is 4.66. The van der Waals surface area contributed by atoms with Crippen LogP contribution in [0.4, 0.5) is 9.59 Å². The summed E-state index contributed by atoms with van der Waals surface area (Å²) in [4.78, 5) is 26.5. The largest absolute Gasteiger partial charge is 0.444 e. The summed E-state index contributed by atoms with van der Waals surface area (Å²) >= 11 is 0. The fourth-order valence-corrected chi connectivity index (χ4v) is 3.41. The lowest BCUT2D eigenvalue weighted by atomic mass is 9.97. The highest BCUT2D eigenvalue weighted by Crippen LogP contribution is 2.31. The predicted octanol–water partition coefficient (Wildman–Crippen LogP) is 5.15. The zero-order valence-corrected chi connectivity index (χ0v) is 17.6. The van der Waals surface area contributed by atoms with Gasteiger partial charge in [-0.15, -0.1) is 0 Å². The van der Waals surface area contributed by atoms with Crippen molar-refractivity contribution in [1.29, 1.82) is 0 Å². The summed E-state index contributed by atoms with van der Waals surface area (Å²) in [7, 11) is 0. The highest BCUT2D eigenvalue weighted by Gasteiger charge is 2.30. The van der Waals surface area contributed by atoms with Crippen molar-refractivity contribution in [3.05, 3.63) is 36.0 Å². The van der Waals surface area contributed by atoms with Crippen LogP contribution in [0.1, 0.15) is 59.4 Å². The number of fused-ring (bicyclic) bond motifs is 1. The SMILES string of the molecule is CC(C)(C)OC(=O)N1CCC(c2ccc3c(ccn3C(=O)OC(C)(C)C)c2)C1. The lowest BCUT2D eigenvalue weighted by Crippen LogP contribution is -2.35. The monoisotopic (exact) mass is 386 g/mol. The van der Waals surface area contributed by atoms with E-state index in [-0.39, 0.29) is 18.1 Å². The second kappa shape index (κ2) is 7.15. The molecule has 0 aliphatic carbocycles. The Bertz CT molecular complexity index is 886. The van der Waals surface area contributed by atoms with E-state index in [9.17, 15) is 9.59 Å². The number of amides is 1. The minimum absolute atomic E-state index is 0.257. The number of aromatic nitrogens is 1. The van der Waals surface area contributed by atoms with E-state index in [1.807, 2.05) is 59.7 Å². The Morgan fingerprint density at radius 1 is 0.964 bits per heavy atom. The van der Waals surface area contributed by atoms with Crippen molar-refractivity contribution >= 4 is 23.1 Å². The van der Waals surface area contributed by atoms with Gasteiger partial charge in [-0.05, 0) is 71.7 Å². The number of nitrogens with zero attached hydrogens (tertiary/aromatic N) is 2. The molecule has 1 fully saturated rings. The quantitative estimate of drug-likeness (QED) is 0.680. The molecule has 2 aromatic rings. The lowest BCUT2D eigenvalue weighted by molar-refractivity contribution is 0.0292. The summed E-state index contributed by atoms with van der Waals surface area (Å²) in [6, 6.07) is 8.00. The summed E-state index contributed by atoms with van der Waals surface area (Å²) in [6.45, 7) is 12.5. The van der Waals surface area contributed by atoms with Crippen molar-refractivity contribution in [3.63, 3.8) is 0 Å². The molecular weight excluding hydrogens is 356 g/mol. The molecule has 1 unspecified atom stereocenters. The van der Waals surface area contributed by atoms with E-state index < -0.39 is 11.2 Å². The number of ether oxygens (including phenoxy) is 2. The fourth-order valence-electron chi connectivity index (χ4n) is 3.41. The number of rotatable bonds is 1. The van der Waals surface area contributed by atoms with Gasteiger partial charge < -0.3 is 14.4 Å². The molecule has 2 heterocycles. The van der Waals surface area contributed by atoms with E-state index >= 15 is 0 Å². The molecule has 0 N–H and O–H groups in total. The van der Waals surface area contributed by atoms with Crippen LogP contribution in [0.25, 0.3) is 10.9 Å². The third-order valence-electron chi connectivity index (χ3n) is 4.62. The summed E-state index contributed by atoms with van der Waals surface area (Å²) in [6.07, 6.45) is 2.00. The van der Waals surface area contributed by atoms with Gasteiger partial charge in [0.25, 0.3) is 0 Å². The van der Waals surface area contributed by atoms with Gasteiger partial charge in [-0.25, -0.2) is 9.59 Å². The number of carbonyl (C=O) groups excluding carboxylic acids is 2. The van der Waals surface area contributed by atoms with E-state index in [0.29, 0.717) is 13.1 Å². The zero-order chi connectivity index (χ0) is 20.7. The van der Waals surface area contributed by atoms with E-state index in [1.54, 1.807) is 11.1 Å². The van der Waals surface area contributed by atoms with Crippen LogP contribution in [0.15, 0.2) is 30.5 Å². The molecule has 1 atom stereocenters. The number of likely N-dealkylation sites (tertiary alicyclic amines) is 1. The normalized spacial score (nSPS) is 17.8. The van der Waals surface area contributed by atoms with Gasteiger partial charge in [0.05, 0.1) is 5.52 Å². The van der Waals surface area contributed by atoms with Gasteiger partial charge >= 0.3 is 12.2 Å². The van der Waals surface area contributed by atoms with Crippen LogP contribution in [0.3, 0.4) is 0 Å². The van der Waals surface area contributed by atoms with Crippen LogP contribution in [0.2, 0.25) is 0 Å². The Kier molecular flexibility index (Phi) is 5.17. The predicted molar refractivity (Wildman–Crippen MR) is 109 cm³/mol. The van der Waals surface area contributed by atoms with Crippen LogP contribution in [0, 0.1) is 0 Å². The molecule has 0 bridgehead atoms. The topological polar surface area (TPSA) is 60.8 Å². The number of hydrogen-bond donors (Lipinski definition) is 0. The molecule has 1 aliphatic rings. The Morgan fingerprint density at radius 3 is 2.25 bits per heavy atom. The molecule has 152 valence electrons. The Morgan fingerprint density at radius 2 is 1.61 bits per heavy atom. The first kappa shape index (κ1) is 20.2. The Labute approximate surface area is 166 Å². The summed E-state index contributed by atoms with van der Waals surface area (Å²) in [5.41, 5.74) is 0.960. The molecule has 0 saturated carbocycles. The molecule has 1 amide bonds. The van der Waals surface area contributed by atoms with Crippen LogP contribution >= 0.6 is 0 Å². The molecule has 28 heavy (non-hydrogen) atoms.